The standard InChI is InChI=1S/C11H19N3O2/c12-6-5-11(16)14-7-10(15)13-8-3-1-2-4-9(8)14/h8-9H,1-7,12H2,(H,13,15). The summed E-state index contributed by atoms with van der Waals surface area (Å²) >= 11 is 0. The van der Waals surface area contributed by atoms with Gasteiger partial charge in [0.2, 0.25) is 11.8 Å². The zero-order valence-electron chi connectivity index (χ0n) is 9.45. The molecule has 1 aliphatic carbocycles. The molecule has 2 rings (SSSR count). The maximum Gasteiger partial charge on any atom is 0.239 e. The first kappa shape index (κ1) is 11.4. The lowest BCUT2D eigenvalue weighted by atomic mass is 9.87. The predicted molar refractivity (Wildman–Crippen MR) is 59.6 cm³/mol. The molecule has 0 bridgehead atoms. The van der Waals surface area contributed by atoms with Crippen molar-refractivity contribution in [3.8, 4) is 0 Å². The number of nitrogens with two attached hydrogens (primary N) is 1. The van der Waals surface area contributed by atoms with Gasteiger partial charge in [0.25, 0.3) is 0 Å². The minimum absolute atomic E-state index is 0.0225. The highest BCUT2D eigenvalue weighted by Crippen LogP contribution is 2.26. The van der Waals surface area contributed by atoms with E-state index in [4.69, 9.17) is 5.73 Å². The first-order valence-corrected chi connectivity index (χ1v) is 6.01. The molecule has 5 heteroatoms. The fourth-order valence-electron chi connectivity index (χ4n) is 2.72. The van der Waals surface area contributed by atoms with Crippen molar-refractivity contribution in [2.45, 2.75) is 44.2 Å². The Morgan fingerprint density at radius 1 is 1.44 bits per heavy atom. The lowest BCUT2D eigenvalue weighted by Crippen LogP contribution is -2.63. The van der Waals surface area contributed by atoms with Crippen LogP contribution in [-0.2, 0) is 9.59 Å². The molecule has 0 spiro atoms. The largest absolute Gasteiger partial charge is 0.350 e. The van der Waals surface area contributed by atoms with E-state index >= 15 is 0 Å². The molecule has 2 amide bonds. The summed E-state index contributed by atoms with van der Waals surface area (Å²) in [4.78, 5) is 25.1. The van der Waals surface area contributed by atoms with Gasteiger partial charge in [-0.3, -0.25) is 9.59 Å². The van der Waals surface area contributed by atoms with E-state index in [1.54, 1.807) is 4.90 Å². The van der Waals surface area contributed by atoms with Gasteiger partial charge in [-0.15, -0.1) is 0 Å². The number of piperazine rings is 1. The number of rotatable bonds is 2. The highest BCUT2D eigenvalue weighted by atomic mass is 16.2. The number of amides is 2. The molecule has 16 heavy (non-hydrogen) atoms. The zero-order valence-corrected chi connectivity index (χ0v) is 9.45. The number of nitrogens with one attached hydrogen (secondary N) is 1. The summed E-state index contributed by atoms with van der Waals surface area (Å²) < 4.78 is 0. The fourth-order valence-corrected chi connectivity index (χ4v) is 2.72. The van der Waals surface area contributed by atoms with Crippen molar-refractivity contribution >= 4 is 11.8 Å². The summed E-state index contributed by atoms with van der Waals surface area (Å²) in [7, 11) is 0. The monoisotopic (exact) mass is 225 g/mol. The maximum atomic E-state index is 11.9. The van der Waals surface area contributed by atoms with Gasteiger partial charge in [-0.2, -0.15) is 0 Å². The van der Waals surface area contributed by atoms with Crippen molar-refractivity contribution in [3.05, 3.63) is 0 Å². The Kier molecular flexibility index (Phi) is 3.43. The van der Waals surface area contributed by atoms with Gasteiger partial charge < -0.3 is 16.0 Å². The Balaban J connectivity index is 2.08. The number of hydrogen-bond acceptors (Lipinski definition) is 3. The van der Waals surface area contributed by atoms with Crippen LogP contribution in [0.15, 0.2) is 0 Å². The molecular weight excluding hydrogens is 206 g/mol. The third-order valence-corrected chi connectivity index (χ3v) is 3.47. The maximum absolute atomic E-state index is 11.9. The molecule has 2 aliphatic rings. The number of fused-ring (bicyclic) bond motifs is 1. The molecule has 1 aliphatic heterocycles. The van der Waals surface area contributed by atoms with E-state index in [-0.39, 0.29) is 30.4 Å². The molecular formula is C11H19N3O2. The van der Waals surface area contributed by atoms with E-state index in [1.807, 2.05) is 0 Å². The Bertz CT molecular complexity index is 293. The fraction of sp³-hybridized carbons (Fsp3) is 0.818. The second kappa shape index (κ2) is 4.82. The van der Waals surface area contributed by atoms with Crippen molar-refractivity contribution in [2.75, 3.05) is 13.1 Å². The van der Waals surface area contributed by atoms with E-state index < -0.39 is 0 Å². The highest BCUT2D eigenvalue weighted by Gasteiger charge is 2.38. The second-order valence-electron chi connectivity index (χ2n) is 4.59. The number of carbonyl (C=O) groups is 2. The van der Waals surface area contributed by atoms with Gasteiger partial charge in [0.15, 0.2) is 0 Å². The molecule has 5 nitrogen and oxygen atoms in total. The summed E-state index contributed by atoms with van der Waals surface area (Å²) in [5.74, 6) is -0.0113. The second-order valence-corrected chi connectivity index (χ2v) is 4.59. The molecule has 0 aromatic carbocycles. The third-order valence-electron chi connectivity index (χ3n) is 3.47. The van der Waals surface area contributed by atoms with Crippen molar-refractivity contribution in [1.82, 2.24) is 10.2 Å². The van der Waals surface area contributed by atoms with E-state index in [2.05, 4.69) is 5.32 Å². The minimum atomic E-state index is -0.0338. The van der Waals surface area contributed by atoms with E-state index in [1.165, 1.54) is 0 Å². The Labute approximate surface area is 95.3 Å². The van der Waals surface area contributed by atoms with Crippen molar-refractivity contribution in [3.63, 3.8) is 0 Å². The highest BCUT2D eigenvalue weighted by molar-refractivity contribution is 5.86. The average molecular weight is 225 g/mol. The van der Waals surface area contributed by atoms with Crippen LogP contribution in [0.1, 0.15) is 32.1 Å². The van der Waals surface area contributed by atoms with Crippen LogP contribution in [0.2, 0.25) is 0 Å². The van der Waals surface area contributed by atoms with Crippen LogP contribution in [0.25, 0.3) is 0 Å². The molecule has 1 saturated carbocycles. The number of carbonyl (C=O) groups excluding carboxylic acids is 2. The predicted octanol–water partition coefficient (Wildman–Crippen LogP) is -0.395. The Morgan fingerprint density at radius 2 is 2.19 bits per heavy atom. The van der Waals surface area contributed by atoms with Gasteiger partial charge in [-0.25, -0.2) is 0 Å². The summed E-state index contributed by atoms with van der Waals surface area (Å²) in [5, 5.41) is 2.98. The van der Waals surface area contributed by atoms with E-state index in [9.17, 15) is 9.59 Å². The SMILES string of the molecule is NCCC(=O)N1CC(=O)NC2CCCCC21. The van der Waals surface area contributed by atoms with Crippen LogP contribution >= 0.6 is 0 Å². The molecule has 90 valence electrons. The summed E-state index contributed by atoms with van der Waals surface area (Å²) in [5.41, 5.74) is 5.39. The molecule has 0 radical (unpaired) electrons. The smallest absolute Gasteiger partial charge is 0.239 e. The van der Waals surface area contributed by atoms with Gasteiger partial charge in [-0.05, 0) is 12.8 Å². The third kappa shape index (κ3) is 2.19. The molecule has 1 heterocycles. The lowest BCUT2D eigenvalue weighted by Gasteiger charge is -2.44. The molecule has 0 aromatic heterocycles. The van der Waals surface area contributed by atoms with Crippen LogP contribution in [0, 0.1) is 0 Å². The van der Waals surface area contributed by atoms with E-state index in [0.29, 0.717) is 13.0 Å². The molecule has 2 fully saturated rings. The van der Waals surface area contributed by atoms with Crippen LogP contribution < -0.4 is 11.1 Å². The van der Waals surface area contributed by atoms with Crippen molar-refractivity contribution < 1.29 is 9.59 Å². The number of hydrogen-bond donors (Lipinski definition) is 2. The average Bonchev–Trinajstić information content (AvgIpc) is 2.28. The molecule has 2 unspecified atom stereocenters. The normalized spacial score (nSPS) is 29.6. The van der Waals surface area contributed by atoms with Crippen molar-refractivity contribution in [2.24, 2.45) is 5.73 Å². The van der Waals surface area contributed by atoms with Gasteiger partial charge in [0, 0.05) is 19.0 Å². The first-order chi connectivity index (χ1) is 7.72. The van der Waals surface area contributed by atoms with Crippen LogP contribution in [0.3, 0.4) is 0 Å². The van der Waals surface area contributed by atoms with Crippen LogP contribution in [-0.4, -0.2) is 41.9 Å². The first-order valence-electron chi connectivity index (χ1n) is 6.01. The van der Waals surface area contributed by atoms with Gasteiger partial charge >= 0.3 is 0 Å². The molecule has 1 saturated heterocycles. The molecule has 0 aromatic rings. The summed E-state index contributed by atoms with van der Waals surface area (Å²) in [6.45, 7) is 0.564. The van der Waals surface area contributed by atoms with E-state index in [0.717, 1.165) is 25.7 Å². The minimum Gasteiger partial charge on any atom is -0.350 e. The Hall–Kier alpha value is -1.10. The molecule has 3 N–H and O–H groups in total. The quantitative estimate of drug-likeness (QED) is 0.671. The molecule has 2 atom stereocenters. The van der Waals surface area contributed by atoms with Crippen LogP contribution in [0.4, 0.5) is 0 Å². The summed E-state index contributed by atoms with van der Waals surface area (Å²) in [6, 6.07) is 0.363. The van der Waals surface area contributed by atoms with Gasteiger partial charge in [0.05, 0.1) is 12.6 Å². The van der Waals surface area contributed by atoms with Crippen molar-refractivity contribution in [1.29, 1.82) is 0 Å². The van der Waals surface area contributed by atoms with Crippen LogP contribution in [0.5, 0.6) is 0 Å². The Morgan fingerprint density at radius 3 is 2.94 bits per heavy atom. The topological polar surface area (TPSA) is 75.4 Å². The number of nitrogens with zero attached hydrogens (tertiary/aromatic N) is 1. The van der Waals surface area contributed by atoms with Gasteiger partial charge in [-0.1, -0.05) is 12.8 Å². The van der Waals surface area contributed by atoms with Gasteiger partial charge in [0.1, 0.15) is 0 Å². The zero-order chi connectivity index (χ0) is 11.5. The summed E-state index contributed by atoms with van der Waals surface area (Å²) in [6.07, 6.45) is 4.62. The lowest BCUT2D eigenvalue weighted by molar-refractivity contribution is -0.144.